The molecule has 0 atom stereocenters. The van der Waals surface area contributed by atoms with Crippen LogP contribution in [0.15, 0.2) is 20.0 Å². The van der Waals surface area contributed by atoms with Gasteiger partial charge in [0.15, 0.2) is 4.67 Å². The molecule has 0 spiro atoms. The Morgan fingerprint density at radius 3 is 2.63 bits per heavy atom. The first-order valence-corrected chi connectivity index (χ1v) is 7.61. The topological polar surface area (TPSA) is 106 Å². The van der Waals surface area contributed by atoms with Crippen molar-refractivity contribution >= 4 is 31.9 Å². The third-order valence-corrected chi connectivity index (χ3v) is 5.00. The van der Waals surface area contributed by atoms with Crippen molar-refractivity contribution in [2.75, 3.05) is 19.8 Å². The van der Waals surface area contributed by atoms with Gasteiger partial charge in [-0.3, -0.25) is 0 Å². The Hall–Kier alpha value is -0.900. The Labute approximate surface area is 118 Å². The minimum atomic E-state index is -3.82. The van der Waals surface area contributed by atoms with Crippen LogP contribution >= 0.6 is 15.9 Å². The summed E-state index contributed by atoms with van der Waals surface area (Å²) < 4.78 is 36.2. The van der Waals surface area contributed by atoms with E-state index in [4.69, 9.17) is 14.3 Å². The molecule has 9 heteroatoms. The minimum Gasteiger partial charge on any atom is -0.475 e. The van der Waals surface area contributed by atoms with Crippen molar-refractivity contribution in [2.24, 2.45) is 5.41 Å². The molecule has 1 aromatic rings. The van der Waals surface area contributed by atoms with Gasteiger partial charge in [0.1, 0.15) is 4.90 Å². The fourth-order valence-corrected chi connectivity index (χ4v) is 3.68. The van der Waals surface area contributed by atoms with Gasteiger partial charge in [-0.15, -0.1) is 0 Å². The normalized spacial score (nSPS) is 18.0. The monoisotopic (exact) mass is 353 g/mol. The van der Waals surface area contributed by atoms with E-state index in [1.54, 1.807) is 0 Å². The van der Waals surface area contributed by atoms with E-state index in [0.29, 0.717) is 13.2 Å². The number of carboxylic acids is 1. The van der Waals surface area contributed by atoms with E-state index in [0.717, 1.165) is 6.07 Å². The largest absolute Gasteiger partial charge is 0.475 e. The number of aromatic carboxylic acids is 1. The number of halogens is 1. The average molecular weight is 354 g/mol. The zero-order valence-electron chi connectivity index (χ0n) is 9.97. The lowest BCUT2D eigenvalue weighted by molar-refractivity contribution is -0.0965. The van der Waals surface area contributed by atoms with E-state index in [-0.39, 0.29) is 21.5 Å². The Bertz CT molecular complexity index is 604. The Morgan fingerprint density at radius 2 is 2.21 bits per heavy atom. The first-order chi connectivity index (χ1) is 8.73. The van der Waals surface area contributed by atoms with Gasteiger partial charge in [-0.2, -0.15) is 0 Å². The summed E-state index contributed by atoms with van der Waals surface area (Å²) in [5.41, 5.74) is -0.223. The second-order valence-electron chi connectivity index (χ2n) is 4.68. The summed E-state index contributed by atoms with van der Waals surface area (Å²) >= 11 is 2.90. The minimum absolute atomic E-state index is 0.132. The second kappa shape index (κ2) is 4.89. The third-order valence-electron chi connectivity index (χ3n) is 2.75. The smallest absolute Gasteiger partial charge is 0.371 e. The summed E-state index contributed by atoms with van der Waals surface area (Å²) in [6.45, 7) is 3.09. The van der Waals surface area contributed by atoms with Crippen LogP contribution < -0.4 is 4.72 Å². The van der Waals surface area contributed by atoms with Crippen molar-refractivity contribution in [3.05, 3.63) is 16.5 Å². The van der Waals surface area contributed by atoms with Crippen LogP contribution in [-0.2, 0) is 14.8 Å². The first-order valence-electron chi connectivity index (χ1n) is 5.34. The fraction of sp³-hybridized carbons (Fsp3) is 0.500. The number of hydrogen-bond acceptors (Lipinski definition) is 5. The van der Waals surface area contributed by atoms with Crippen LogP contribution in [0.4, 0.5) is 0 Å². The Kier molecular flexibility index (Phi) is 3.74. The van der Waals surface area contributed by atoms with E-state index < -0.39 is 21.8 Å². The van der Waals surface area contributed by atoms with Gasteiger partial charge in [-0.05, 0) is 15.9 Å². The Morgan fingerprint density at radius 1 is 1.58 bits per heavy atom. The molecule has 0 amide bonds. The molecule has 1 aliphatic rings. The lowest BCUT2D eigenvalue weighted by Gasteiger charge is -2.37. The number of rotatable bonds is 5. The van der Waals surface area contributed by atoms with Crippen LogP contribution in [0.1, 0.15) is 17.5 Å². The van der Waals surface area contributed by atoms with Crippen LogP contribution in [0.3, 0.4) is 0 Å². The lowest BCUT2D eigenvalue weighted by Crippen LogP contribution is -2.48. The molecule has 0 unspecified atom stereocenters. The van der Waals surface area contributed by atoms with E-state index >= 15 is 0 Å². The first kappa shape index (κ1) is 14.5. The zero-order chi connectivity index (χ0) is 14.3. The van der Waals surface area contributed by atoms with E-state index in [2.05, 4.69) is 20.7 Å². The van der Waals surface area contributed by atoms with E-state index in [9.17, 15) is 13.2 Å². The standard InChI is InChI=1S/C10H12BrNO6S/c1-10(4-17-5-10)3-12-19(15,16)7-2-6(9(13)14)18-8(7)11/h2,12H,3-5H2,1H3,(H,13,14). The maximum Gasteiger partial charge on any atom is 0.371 e. The summed E-state index contributed by atoms with van der Waals surface area (Å²) in [6, 6.07) is 0.967. The van der Waals surface area contributed by atoms with Crippen molar-refractivity contribution < 1.29 is 27.5 Å². The summed E-state index contributed by atoms with van der Waals surface area (Å²) in [7, 11) is -3.82. The number of hydrogen-bond donors (Lipinski definition) is 2. The molecule has 0 bridgehead atoms. The van der Waals surface area contributed by atoms with Gasteiger partial charge < -0.3 is 14.3 Å². The highest BCUT2D eigenvalue weighted by Gasteiger charge is 2.35. The molecule has 7 nitrogen and oxygen atoms in total. The molecule has 1 saturated heterocycles. The summed E-state index contributed by atoms with van der Waals surface area (Å²) in [5, 5.41) is 8.75. The molecule has 0 aliphatic carbocycles. The molecule has 1 fully saturated rings. The SMILES string of the molecule is CC1(CNS(=O)(=O)c2cc(C(=O)O)oc2Br)COC1. The molecule has 2 heterocycles. The highest BCUT2D eigenvalue weighted by molar-refractivity contribution is 9.10. The molecule has 19 heavy (non-hydrogen) atoms. The molecule has 0 saturated carbocycles. The van der Waals surface area contributed by atoms with Gasteiger partial charge in [-0.25, -0.2) is 17.9 Å². The highest BCUT2D eigenvalue weighted by Crippen LogP contribution is 2.28. The predicted octanol–water partition coefficient (Wildman–Crippen LogP) is 1.06. The maximum atomic E-state index is 12.0. The van der Waals surface area contributed by atoms with Crippen LogP contribution in [0.2, 0.25) is 0 Å². The molecule has 106 valence electrons. The lowest BCUT2D eigenvalue weighted by atomic mass is 9.89. The number of ether oxygens (including phenoxy) is 1. The molecule has 2 rings (SSSR count). The van der Waals surface area contributed by atoms with Crippen LogP contribution in [0.5, 0.6) is 0 Å². The number of sulfonamides is 1. The van der Waals surface area contributed by atoms with Gasteiger partial charge >= 0.3 is 5.97 Å². The summed E-state index contributed by atoms with van der Waals surface area (Å²) in [6.07, 6.45) is 0. The number of furan rings is 1. The van der Waals surface area contributed by atoms with Crippen molar-refractivity contribution in [3.8, 4) is 0 Å². The predicted molar refractivity (Wildman–Crippen MR) is 67.5 cm³/mol. The van der Waals surface area contributed by atoms with Gasteiger partial charge in [0.05, 0.1) is 13.2 Å². The summed E-state index contributed by atoms with van der Waals surface area (Å²) in [4.78, 5) is 10.5. The number of carbonyl (C=O) groups is 1. The third kappa shape index (κ3) is 2.99. The highest BCUT2D eigenvalue weighted by atomic mass is 79.9. The molecule has 1 aliphatic heterocycles. The van der Waals surface area contributed by atoms with Crippen molar-refractivity contribution in [2.45, 2.75) is 11.8 Å². The molecule has 1 aromatic heterocycles. The number of carboxylic acid groups (broad SMARTS) is 1. The van der Waals surface area contributed by atoms with Gasteiger partial charge in [0.25, 0.3) is 0 Å². The fourth-order valence-electron chi connectivity index (χ4n) is 1.54. The van der Waals surface area contributed by atoms with E-state index in [1.165, 1.54) is 0 Å². The van der Waals surface area contributed by atoms with Crippen molar-refractivity contribution in [3.63, 3.8) is 0 Å². The Balaban J connectivity index is 2.17. The van der Waals surface area contributed by atoms with Gasteiger partial charge in [-0.1, -0.05) is 6.92 Å². The molecule has 0 aromatic carbocycles. The van der Waals surface area contributed by atoms with Crippen molar-refractivity contribution in [1.82, 2.24) is 4.72 Å². The molecular formula is C10H12BrNO6S. The second-order valence-corrected chi connectivity index (χ2v) is 7.14. The van der Waals surface area contributed by atoms with Crippen LogP contribution in [0.25, 0.3) is 0 Å². The molecule has 2 N–H and O–H groups in total. The number of nitrogens with one attached hydrogen (secondary N) is 1. The molecular weight excluding hydrogens is 342 g/mol. The van der Waals surface area contributed by atoms with E-state index in [1.807, 2.05) is 6.92 Å². The zero-order valence-corrected chi connectivity index (χ0v) is 12.4. The van der Waals surface area contributed by atoms with Crippen molar-refractivity contribution in [1.29, 1.82) is 0 Å². The van der Waals surface area contributed by atoms with Crippen LogP contribution in [0, 0.1) is 5.41 Å². The quantitative estimate of drug-likeness (QED) is 0.819. The van der Waals surface area contributed by atoms with Crippen LogP contribution in [-0.4, -0.2) is 39.3 Å². The summed E-state index contributed by atoms with van der Waals surface area (Å²) in [5.74, 6) is -1.77. The maximum absolute atomic E-state index is 12.0. The van der Waals surface area contributed by atoms with Gasteiger partial charge in [0.2, 0.25) is 15.8 Å². The average Bonchev–Trinajstić information content (AvgIpc) is 2.67. The molecule has 0 radical (unpaired) electrons. The van der Waals surface area contributed by atoms with Gasteiger partial charge in [0, 0.05) is 18.0 Å².